The third-order valence-corrected chi connectivity index (χ3v) is 6.09. The number of esters is 1. The number of methoxy groups -OCH3 is 1. The number of ether oxygens (including phenoxy) is 3. The Morgan fingerprint density at radius 2 is 1.68 bits per heavy atom. The number of rotatable bonds is 11. The van der Waals surface area contributed by atoms with E-state index in [1.54, 1.807) is 47.5 Å². The molecular formula is C30H34ClN3O6. The summed E-state index contributed by atoms with van der Waals surface area (Å²) < 4.78 is 16.2. The van der Waals surface area contributed by atoms with Crippen LogP contribution in [0.4, 0.5) is 10.6 Å². The molecule has 0 spiro atoms. The van der Waals surface area contributed by atoms with Gasteiger partial charge in [0.15, 0.2) is 0 Å². The van der Waals surface area contributed by atoms with Gasteiger partial charge in [-0.1, -0.05) is 48.0 Å². The van der Waals surface area contributed by atoms with Gasteiger partial charge >= 0.3 is 12.1 Å². The standard InChI is InChI=1S/C30H34ClN3O6/c1-30(2,3)34(15-13-27(35)38-4)28(36)23-18-24(31)20-25(19-23)39-17-16-33(26-12-8-9-14-32-26)29(37)40-21-22-10-6-5-7-11-22/h5-12,14,18-20H,13,15-17,21H2,1-4H3. The fourth-order valence-corrected chi connectivity index (χ4v) is 4.06. The summed E-state index contributed by atoms with van der Waals surface area (Å²) in [5, 5.41) is 0.312. The van der Waals surface area contributed by atoms with Gasteiger partial charge in [0.1, 0.15) is 24.8 Å². The summed E-state index contributed by atoms with van der Waals surface area (Å²) >= 11 is 6.33. The lowest BCUT2D eigenvalue weighted by molar-refractivity contribution is -0.141. The normalized spacial score (nSPS) is 10.9. The van der Waals surface area contributed by atoms with Gasteiger partial charge in [0.2, 0.25) is 0 Å². The molecule has 2 amide bonds. The Morgan fingerprint density at radius 3 is 2.33 bits per heavy atom. The molecule has 0 saturated carbocycles. The van der Waals surface area contributed by atoms with E-state index in [4.69, 9.17) is 25.8 Å². The fourth-order valence-electron chi connectivity index (χ4n) is 3.84. The van der Waals surface area contributed by atoms with Gasteiger partial charge in [-0.3, -0.25) is 14.5 Å². The zero-order valence-electron chi connectivity index (χ0n) is 23.1. The second kappa shape index (κ2) is 14.3. The molecule has 3 aromatic rings. The van der Waals surface area contributed by atoms with E-state index in [1.807, 2.05) is 51.1 Å². The Morgan fingerprint density at radius 1 is 0.950 bits per heavy atom. The van der Waals surface area contributed by atoms with E-state index in [0.29, 0.717) is 22.2 Å². The van der Waals surface area contributed by atoms with Crippen LogP contribution in [0.5, 0.6) is 5.75 Å². The maximum Gasteiger partial charge on any atom is 0.415 e. The number of benzene rings is 2. The van der Waals surface area contributed by atoms with Crippen molar-refractivity contribution in [2.45, 2.75) is 39.3 Å². The first-order chi connectivity index (χ1) is 19.1. The fraction of sp³-hybridized carbons (Fsp3) is 0.333. The van der Waals surface area contributed by atoms with E-state index in [9.17, 15) is 14.4 Å². The number of halogens is 1. The third kappa shape index (κ3) is 8.98. The molecule has 1 heterocycles. The number of carbonyl (C=O) groups is 3. The smallest absolute Gasteiger partial charge is 0.415 e. The van der Waals surface area contributed by atoms with E-state index < -0.39 is 17.6 Å². The van der Waals surface area contributed by atoms with Gasteiger partial charge in [0.25, 0.3) is 5.91 Å². The van der Waals surface area contributed by atoms with Crippen LogP contribution < -0.4 is 9.64 Å². The Labute approximate surface area is 239 Å². The molecule has 0 fully saturated rings. The minimum absolute atomic E-state index is 0.0627. The maximum absolute atomic E-state index is 13.4. The summed E-state index contributed by atoms with van der Waals surface area (Å²) in [6, 6.07) is 19.3. The van der Waals surface area contributed by atoms with Crippen molar-refractivity contribution in [2.75, 3.05) is 31.7 Å². The van der Waals surface area contributed by atoms with Gasteiger partial charge in [-0.05, 0) is 56.7 Å². The summed E-state index contributed by atoms with van der Waals surface area (Å²) in [5.74, 6) is 0.0640. The van der Waals surface area contributed by atoms with Crippen LogP contribution in [0, 0.1) is 0 Å². The molecule has 40 heavy (non-hydrogen) atoms. The van der Waals surface area contributed by atoms with Crippen molar-refractivity contribution in [3.05, 3.63) is 89.1 Å². The highest BCUT2D eigenvalue weighted by atomic mass is 35.5. The van der Waals surface area contributed by atoms with Crippen LogP contribution in [0.1, 0.15) is 43.1 Å². The number of hydrogen-bond acceptors (Lipinski definition) is 7. The lowest BCUT2D eigenvalue weighted by Gasteiger charge is -2.35. The van der Waals surface area contributed by atoms with Gasteiger partial charge in [0, 0.05) is 28.9 Å². The summed E-state index contributed by atoms with van der Waals surface area (Å²) in [6.07, 6.45) is 1.08. The molecule has 9 nitrogen and oxygen atoms in total. The van der Waals surface area contributed by atoms with Gasteiger partial charge in [0.05, 0.1) is 20.1 Å². The molecule has 0 bridgehead atoms. The molecule has 10 heteroatoms. The molecule has 0 N–H and O–H groups in total. The second-order valence-corrected chi connectivity index (χ2v) is 10.3. The van der Waals surface area contributed by atoms with E-state index in [2.05, 4.69) is 4.98 Å². The lowest BCUT2D eigenvalue weighted by atomic mass is 10.0. The largest absolute Gasteiger partial charge is 0.492 e. The Bertz CT molecular complexity index is 1280. The van der Waals surface area contributed by atoms with Crippen LogP contribution >= 0.6 is 11.6 Å². The number of aromatic nitrogens is 1. The monoisotopic (exact) mass is 567 g/mol. The number of anilines is 1. The predicted molar refractivity (Wildman–Crippen MR) is 153 cm³/mol. The summed E-state index contributed by atoms with van der Waals surface area (Å²) in [7, 11) is 1.31. The van der Waals surface area contributed by atoms with Gasteiger partial charge in [-0.25, -0.2) is 9.78 Å². The van der Waals surface area contributed by atoms with Crippen LogP contribution in [-0.2, 0) is 20.9 Å². The van der Waals surface area contributed by atoms with Crippen molar-refractivity contribution in [3.63, 3.8) is 0 Å². The van der Waals surface area contributed by atoms with Crippen LogP contribution in [0.3, 0.4) is 0 Å². The average Bonchev–Trinajstić information content (AvgIpc) is 2.94. The van der Waals surface area contributed by atoms with Crippen molar-refractivity contribution in [3.8, 4) is 5.75 Å². The van der Waals surface area contributed by atoms with Crippen molar-refractivity contribution in [1.82, 2.24) is 9.88 Å². The summed E-state index contributed by atoms with van der Waals surface area (Å²) in [5.41, 5.74) is 0.615. The molecule has 212 valence electrons. The molecule has 0 radical (unpaired) electrons. The predicted octanol–water partition coefficient (Wildman–Crippen LogP) is 5.76. The topological polar surface area (TPSA) is 98.3 Å². The van der Waals surface area contributed by atoms with Gasteiger partial charge in [-0.15, -0.1) is 0 Å². The number of carbonyl (C=O) groups excluding carboxylic acids is 3. The van der Waals surface area contributed by atoms with Crippen LogP contribution in [0.15, 0.2) is 72.9 Å². The van der Waals surface area contributed by atoms with Crippen LogP contribution in [-0.4, -0.2) is 60.2 Å². The van der Waals surface area contributed by atoms with E-state index >= 15 is 0 Å². The Balaban J connectivity index is 1.71. The number of amides is 2. The number of pyridine rings is 1. The van der Waals surface area contributed by atoms with Crippen LogP contribution in [0.2, 0.25) is 5.02 Å². The van der Waals surface area contributed by atoms with Gasteiger partial charge in [-0.2, -0.15) is 0 Å². The Hall–Kier alpha value is -4.11. The minimum atomic E-state index is -0.570. The maximum atomic E-state index is 13.4. The van der Waals surface area contributed by atoms with Crippen LogP contribution in [0.25, 0.3) is 0 Å². The summed E-state index contributed by atoms with van der Waals surface area (Å²) in [4.78, 5) is 45.3. The van der Waals surface area contributed by atoms with E-state index in [-0.39, 0.29) is 38.6 Å². The first-order valence-corrected chi connectivity index (χ1v) is 13.2. The first kappa shape index (κ1) is 30.4. The molecule has 0 aliphatic carbocycles. The molecule has 2 aromatic carbocycles. The second-order valence-electron chi connectivity index (χ2n) is 9.86. The quantitative estimate of drug-likeness (QED) is 0.272. The minimum Gasteiger partial charge on any atom is -0.492 e. The molecule has 3 rings (SSSR count). The average molecular weight is 568 g/mol. The molecule has 1 aromatic heterocycles. The molecule has 0 aliphatic rings. The third-order valence-electron chi connectivity index (χ3n) is 5.88. The number of hydrogen-bond donors (Lipinski definition) is 0. The van der Waals surface area contributed by atoms with Gasteiger partial charge < -0.3 is 19.1 Å². The highest BCUT2D eigenvalue weighted by Gasteiger charge is 2.28. The molecule has 0 unspecified atom stereocenters. The lowest BCUT2D eigenvalue weighted by Crippen LogP contribution is -2.46. The first-order valence-electron chi connectivity index (χ1n) is 12.8. The highest BCUT2D eigenvalue weighted by Crippen LogP contribution is 2.25. The SMILES string of the molecule is COC(=O)CCN(C(=O)c1cc(Cl)cc(OCCN(C(=O)OCc2ccccc2)c2ccccn2)c1)C(C)(C)C. The molecule has 0 aliphatic heterocycles. The van der Waals surface area contributed by atoms with Crippen molar-refractivity contribution in [1.29, 1.82) is 0 Å². The molecular weight excluding hydrogens is 534 g/mol. The van der Waals surface area contributed by atoms with E-state index in [0.717, 1.165) is 5.56 Å². The summed E-state index contributed by atoms with van der Waals surface area (Å²) in [6.45, 7) is 6.16. The zero-order chi connectivity index (χ0) is 29.1. The Kier molecular flexibility index (Phi) is 10.9. The van der Waals surface area contributed by atoms with Crippen molar-refractivity contribution < 1.29 is 28.6 Å². The number of nitrogens with zero attached hydrogens (tertiary/aromatic N) is 3. The highest BCUT2D eigenvalue weighted by molar-refractivity contribution is 6.31. The zero-order valence-corrected chi connectivity index (χ0v) is 23.9. The molecule has 0 saturated heterocycles. The van der Waals surface area contributed by atoms with E-state index in [1.165, 1.54) is 12.0 Å². The molecule has 0 atom stereocenters. The van der Waals surface area contributed by atoms with Crippen molar-refractivity contribution >= 4 is 35.4 Å². The van der Waals surface area contributed by atoms with Crippen molar-refractivity contribution in [2.24, 2.45) is 0 Å².